The van der Waals surface area contributed by atoms with Crippen molar-refractivity contribution in [1.29, 1.82) is 0 Å². The van der Waals surface area contributed by atoms with E-state index in [0.717, 1.165) is 47.5 Å². The van der Waals surface area contributed by atoms with Gasteiger partial charge in [0, 0.05) is 18.5 Å². The SMILES string of the molecule is CCCCn1nc(C(Oc2ccccc2)Oc2ccccc2)nc1Cc1ccc(-c2ccccc2-c2nn[nH]n2)cc1. The zero-order chi connectivity index (χ0) is 28.6. The molecule has 4 aromatic carbocycles. The first-order valence-electron chi connectivity index (χ1n) is 14.1. The van der Waals surface area contributed by atoms with Gasteiger partial charge in [0.2, 0.25) is 11.6 Å². The zero-order valence-electron chi connectivity index (χ0n) is 23.3. The van der Waals surface area contributed by atoms with Crippen molar-refractivity contribution in [2.75, 3.05) is 0 Å². The van der Waals surface area contributed by atoms with Gasteiger partial charge in [-0.15, -0.1) is 15.3 Å². The molecule has 0 saturated carbocycles. The van der Waals surface area contributed by atoms with Gasteiger partial charge < -0.3 is 9.47 Å². The molecule has 0 fully saturated rings. The van der Waals surface area contributed by atoms with Gasteiger partial charge in [-0.2, -0.15) is 5.21 Å². The molecule has 0 saturated heterocycles. The van der Waals surface area contributed by atoms with Crippen LogP contribution in [0.15, 0.2) is 109 Å². The highest BCUT2D eigenvalue weighted by Gasteiger charge is 2.23. The summed E-state index contributed by atoms with van der Waals surface area (Å²) in [6.07, 6.45) is 1.85. The van der Waals surface area contributed by atoms with E-state index in [4.69, 9.17) is 19.6 Å². The Bertz CT molecular complexity index is 1640. The van der Waals surface area contributed by atoms with E-state index in [2.05, 4.69) is 57.9 Å². The lowest BCUT2D eigenvalue weighted by Gasteiger charge is -2.18. The number of unbranched alkanes of at least 4 members (excludes halogenated alkanes) is 1. The summed E-state index contributed by atoms with van der Waals surface area (Å²) in [4.78, 5) is 4.95. The van der Waals surface area contributed by atoms with Crippen LogP contribution in [0.4, 0.5) is 0 Å². The topological polar surface area (TPSA) is 104 Å². The number of nitrogens with zero attached hydrogens (tertiary/aromatic N) is 6. The third kappa shape index (κ3) is 6.36. The smallest absolute Gasteiger partial charge is 0.303 e. The highest BCUT2D eigenvalue weighted by Crippen LogP contribution is 2.30. The number of benzene rings is 4. The van der Waals surface area contributed by atoms with Crippen molar-refractivity contribution < 1.29 is 9.47 Å². The van der Waals surface area contributed by atoms with Crippen LogP contribution in [0.1, 0.15) is 43.3 Å². The van der Waals surface area contributed by atoms with E-state index < -0.39 is 6.29 Å². The molecule has 0 spiro atoms. The second-order valence-corrected chi connectivity index (χ2v) is 9.81. The molecule has 9 heteroatoms. The average molecular weight is 558 g/mol. The molecule has 0 unspecified atom stereocenters. The predicted octanol–water partition coefficient (Wildman–Crippen LogP) is 6.67. The van der Waals surface area contributed by atoms with Crippen LogP contribution in [0.25, 0.3) is 22.5 Å². The van der Waals surface area contributed by atoms with Crippen molar-refractivity contribution in [3.8, 4) is 34.0 Å². The van der Waals surface area contributed by atoms with E-state index in [-0.39, 0.29) is 0 Å². The van der Waals surface area contributed by atoms with Gasteiger partial charge >= 0.3 is 6.29 Å². The lowest BCUT2D eigenvalue weighted by molar-refractivity contribution is -0.00355. The lowest BCUT2D eigenvalue weighted by atomic mass is 9.98. The van der Waals surface area contributed by atoms with Gasteiger partial charge in [0.25, 0.3) is 0 Å². The number of aryl methyl sites for hydroxylation is 1. The van der Waals surface area contributed by atoms with E-state index in [0.29, 0.717) is 29.6 Å². The van der Waals surface area contributed by atoms with Crippen molar-refractivity contribution in [3.05, 3.63) is 126 Å². The molecule has 210 valence electrons. The molecule has 2 aromatic heterocycles. The second-order valence-electron chi connectivity index (χ2n) is 9.81. The summed E-state index contributed by atoms with van der Waals surface area (Å²) in [5.41, 5.74) is 4.15. The van der Waals surface area contributed by atoms with Gasteiger partial charge in [0.1, 0.15) is 17.3 Å². The molecule has 0 amide bonds. The lowest BCUT2D eigenvalue weighted by Crippen LogP contribution is -2.17. The Kier molecular flexibility index (Phi) is 8.26. The fraction of sp³-hybridized carbons (Fsp3) is 0.182. The van der Waals surface area contributed by atoms with Crippen LogP contribution in [-0.4, -0.2) is 35.4 Å². The quantitative estimate of drug-likeness (QED) is 0.168. The number of H-pyrrole nitrogens is 1. The number of hydrogen-bond donors (Lipinski definition) is 1. The predicted molar refractivity (Wildman–Crippen MR) is 160 cm³/mol. The van der Waals surface area contributed by atoms with E-state index >= 15 is 0 Å². The Balaban J connectivity index is 1.28. The third-order valence-electron chi connectivity index (χ3n) is 6.81. The number of nitrogens with one attached hydrogen (secondary N) is 1. The number of ether oxygens (including phenoxy) is 2. The Morgan fingerprint density at radius 3 is 2.02 bits per heavy atom. The molecule has 0 aliphatic rings. The van der Waals surface area contributed by atoms with Crippen molar-refractivity contribution in [3.63, 3.8) is 0 Å². The molecule has 1 N–H and O–H groups in total. The Morgan fingerprint density at radius 1 is 0.762 bits per heavy atom. The minimum absolute atomic E-state index is 0.486. The summed E-state index contributed by atoms with van der Waals surface area (Å²) in [5.74, 6) is 3.27. The summed E-state index contributed by atoms with van der Waals surface area (Å²) in [6.45, 7) is 2.93. The number of tetrazole rings is 1. The molecular formula is C33H31N7O2. The van der Waals surface area contributed by atoms with E-state index in [1.54, 1.807) is 0 Å². The first kappa shape index (κ1) is 26.9. The molecule has 0 radical (unpaired) electrons. The fourth-order valence-electron chi connectivity index (χ4n) is 4.68. The molecule has 6 rings (SSSR count). The van der Waals surface area contributed by atoms with Crippen LogP contribution in [0.3, 0.4) is 0 Å². The fourth-order valence-corrected chi connectivity index (χ4v) is 4.68. The van der Waals surface area contributed by atoms with E-state index in [1.165, 1.54) is 0 Å². The molecule has 42 heavy (non-hydrogen) atoms. The standard InChI is InChI=1S/C33H31N7O2/c1-2-3-22-40-30(23-24-18-20-25(21-19-24)28-16-10-11-17-29(28)31-35-38-39-36-31)34-32(37-40)33(41-26-12-6-4-7-13-26)42-27-14-8-5-9-15-27/h4-21,33H,2-3,22-23H2,1H3,(H,35,36,38,39). The molecule has 0 aliphatic heterocycles. The molecule has 2 heterocycles. The maximum Gasteiger partial charge on any atom is 0.303 e. The number of hydrogen-bond acceptors (Lipinski definition) is 7. The van der Waals surface area contributed by atoms with Crippen LogP contribution in [0, 0.1) is 0 Å². The summed E-state index contributed by atoms with van der Waals surface area (Å²) in [6, 6.07) is 35.7. The van der Waals surface area contributed by atoms with Gasteiger partial charge in [0.15, 0.2) is 0 Å². The third-order valence-corrected chi connectivity index (χ3v) is 6.81. The first-order chi connectivity index (χ1) is 20.8. The van der Waals surface area contributed by atoms with Gasteiger partial charge in [-0.25, -0.2) is 9.67 Å². The second kappa shape index (κ2) is 12.9. The molecular weight excluding hydrogens is 526 g/mol. The molecule has 6 aromatic rings. The number of rotatable bonds is 12. The summed E-state index contributed by atoms with van der Waals surface area (Å²) in [7, 11) is 0. The Morgan fingerprint density at radius 2 is 1.40 bits per heavy atom. The van der Waals surface area contributed by atoms with Gasteiger partial charge in [-0.05, 0) is 52.6 Å². The first-order valence-corrected chi connectivity index (χ1v) is 14.1. The maximum atomic E-state index is 6.26. The minimum Gasteiger partial charge on any atom is -0.448 e. The highest BCUT2D eigenvalue weighted by molar-refractivity contribution is 5.80. The largest absolute Gasteiger partial charge is 0.448 e. The number of para-hydroxylation sites is 2. The van der Waals surface area contributed by atoms with E-state index in [9.17, 15) is 0 Å². The molecule has 0 bridgehead atoms. The highest BCUT2D eigenvalue weighted by atomic mass is 16.7. The Hall–Kier alpha value is -5.31. The minimum atomic E-state index is -0.805. The molecule has 9 nitrogen and oxygen atoms in total. The maximum absolute atomic E-state index is 6.26. The van der Waals surface area contributed by atoms with Crippen LogP contribution in [-0.2, 0) is 13.0 Å². The monoisotopic (exact) mass is 557 g/mol. The Labute approximate surface area is 244 Å². The zero-order valence-corrected chi connectivity index (χ0v) is 23.3. The summed E-state index contributed by atoms with van der Waals surface area (Å²) >= 11 is 0. The van der Waals surface area contributed by atoms with Crippen molar-refractivity contribution in [2.24, 2.45) is 0 Å². The summed E-state index contributed by atoms with van der Waals surface area (Å²) in [5, 5.41) is 19.5. The van der Waals surface area contributed by atoms with Crippen molar-refractivity contribution in [1.82, 2.24) is 35.4 Å². The van der Waals surface area contributed by atoms with Crippen LogP contribution in [0.5, 0.6) is 11.5 Å². The summed E-state index contributed by atoms with van der Waals surface area (Å²) < 4.78 is 14.5. The normalized spacial score (nSPS) is 11.1. The van der Waals surface area contributed by atoms with Crippen molar-refractivity contribution >= 4 is 0 Å². The molecule has 0 atom stereocenters. The van der Waals surface area contributed by atoms with Gasteiger partial charge in [0.05, 0.1) is 0 Å². The average Bonchev–Trinajstić information content (AvgIpc) is 3.72. The van der Waals surface area contributed by atoms with Crippen LogP contribution >= 0.6 is 0 Å². The van der Waals surface area contributed by atoms with E-state index in [1.807, 2.05) is 83.5 Å². The van der Waals surface area contributed by atoms with Crippen molar-refractivity contribution in [2.45, 2.75) is 39.0 Å². The van der Waals surface area contributed by atoms with Crippen LogP contribution in [0.2, 0.25) is 0 Å². The van der Waals surface area contributed by atoms with Crippen LogP contribution < -0.4 is 9.47 Å². The van der Waals surface area contributed by atoms with Gasteiger partial charge in [-0.1, -0.05) is 98.3 Å². The van der Waals surface area contributed by atoms with Gasteiger partial charge in [-0.3, -0.25) is 0 Å². The number of aromatic nitrogens is 7. The molecule has 0 aliphatic carbocycles. The number of aromatic amines is 1.